The summed E-state index contributed by atoms with van der Waals surface area (Å²) < 4.78 is 11.4. The molecule has 0 unspecified atom stereocenters. The Morgan fingerprint density at radius 2 is 1.86 bits per heavy atom. The van der Waals surface area contributed by atoms with Crippen molar-refractivity contribution in [3.63, 3.8) is 0 Å². The quantitative estimate of drug-likeness (QED) is 0.837. The highest BCUT2D eigenvalue weighted by atomic mass is 32.2. The number of rotatable bonds is 1. The molecule has 0 bridgehead atoms. The van der Waals surface area contributed by atoms with E-state index in [1.54, 1.807) is 28.0 Å². The van der Waals surface area contributed by atoms with Crippen LogP contribution in [0.5, 0.6) is 0 Å². The van der Waals surface area contributed by atoms with E-state index >= 15 is 0 Å². The van der Waals surface area contributed by atoms with Crippen LogP contribution >= 0.6 is 0 Å². The predicted molar refractivity (Wildman–Crippen MR) is 79.3 cm³/mol. The molecule has 0 aliphatic carbocycles. The number of carboxylic acid groups (broad SMARTS) is 1. The lowest BCUT2D eigenvalue weighted by Crippen LogP contribution is -2.48. The smallest absolute Gasteiger partial charge is 0.335 e. The molecule has 0 saturated carbocycles. The second kappa shape index (κ2) is 5.48. The molecule has 6 nitrogen and oxygen atoms in total. The highest BCUT2D eigenvalue weighted by molar-refractivity contribution is 7.85. The van der Waals surface area contributed by atoms with Crippen molar-refractivity contribution in [2.75, 3.05) is 36.0 Å². The summed E-state index contributed by atoms with van der Waals surface area (Å²) in [5.41, 5.74) is 1.87. The van der Waals surface area contributed by atoms with Gasteiger partial charge in [-0.2, -0.15) is 0 Å². The Balaban J connectivity index is 1.83. The molecule has 0 radical (unpaired) electrons. The van der Waals surface area contributed by atoms with Gasteiger partial charge >= 0.3 is 12.0 Å². The van der Waals surface area contributed by atoms with Crippen molar-refractivity contribution in [1.82, 2.24) is 4.90 Å². The Bertz CT molecular complexity index is 621. The molecule has 2 heterocycles. The summed E-state index contributed by atoms with van der Waals surface area (Å²) in [7, 11) is -0.824. The minimum atomic E-state index is -0.995. The van der Waals surface area contributed by atoms with E-state index in [4.69, 9.17) is 5.11 Å². The van der Waals surface area contributed by atoms with Crippen LogP contribution in [0.3, 0.4) is 0 Å². The molecule has 3 rings (SSSR count). The van der Waals surface area contributed by atoms with Gasteiger partial charge in [-0.1, -0.05) is 6.07 Å². The number of aromatic carboxylic acids is 1. The summed E-state index contributed by atoms with van der Waals surface area (Å²) in [6.45, 7) is 1.56. The van der Waals surface area contributed by atoms with Gasteiger partial charge in [0.2, 0.25) is 0 Å². The Kier molecular flexibility index (Phi) is 3.67. The first kappa shape index (κ1) is 14.1. The van der Waals surface area contributed by atoms with Gasteiger partial charge in [-0.05, 0) is 24.1 Å². The highest BCUT2D eigenvalue weighted by Gasteiger charge is 2.30. The Hall–Kier alpha value is -1.89. The fourth-order valence-electron chi connectivity index (χ4n) is 2.71. The van der Waals surface area contributed by atoms with Crippen molar-refractivity contribution in [2.45, 2.75) is 6.42 Å². The van der Waals surface area contributed by atoms with Crippen molar-refractivity contribution >= 4 is 28.5 Å². The molecule has 2 aliphatic heterocycles. The van der Waals surface area contributed by atoms with Crippen LogP contribution in [0.2, 0.25) is 0 Å². The lowest BCUT2D eigenvalue weighted by molar-refractivity contribution is 0.0697. The molecule has 0 atom stereocenters. The number of benzene rings is 1. The van der Waals surface area contributed by atoms with Crippen LogP contribution in [0.25, 0.3) is 0 Å². The molecule has 2 amide bonds. The first-order valence-corrected chi connectivity index (χ1v) is 8.32. The Morgan fingerprint density at radius 3 is 2.52 bits per heavy atom. The first-order valence-electron chi connectivity index (χ1n) is 6.84. The molecular formula is C14H16N2O4S. The number of carboxylic acids is 1. The van der Waals surface area contributed by atoms with Crippen molar-refractivity contribution in [2.24, 2.45) is 0 Å². The van der Waals surface area contributed by atoms with E-state index < -0.39 is 16.8 Å². The molecular weight excluding hydrogens is 292 g/mol. The number of nitrogens with zero attached hydrogens (tertiary/aromatic N) is 2. The molecule has 0 aromatic heterocycles. The average molecular weight is 308 g/mol. The third kappa shape index (κ3) is 2.65. The summed E-state index contributed by atoms with van der Waals surface area (Å²) in [5, 5.41) is 9.07. The SMILES string of the molecule is O=C(O)c1ccc2c(c1)N(C(=O)N1CCS(=O)CC1)CC2. The molecule has 1 N–H and O–H groups in total. The van der Waals surface area contributed by atoms with Crippen molar-refractivity contribution in [3.8, 4) is 0 Å². The zero-order chi connectivity index (χ0) is 15.0. The van der Waals surface area contributed by atoms with E-state index in [1.165, 1.54) is 0 Å². The fraction of sp³-hybridized carbons (Fsp3) is 0.429. The van der Waals surface area contributed by atoms with Gasteiger partial charge in [0.25, 0.3) is 0 Å². The topological polar surface area (TPSA) is 77.9 Å². The molecule has 7 heteroatoms. The van der Waals surface area contributed by atoms with Crippen molar-refractivity contribution in [1.29, 1.82) is 0 Å². The molecule has 2 aliphatic rings. The zero-order valence-corrected chi connectivity index (χ0v) is 12.3. The fourth-order valence-corrected chi connectivity index (χ4v) is 3.76. The van der Waals surface area contributed by atoms with Crippen LogP contribution in [0, 0.1) is 0 Å². The normalized spacial score (nSPS) is 18.7. The number of hydrogen-bond acceptors (Lipinski definition) is 3. The van der Waals surface area contributed by atoms with E-state index in [-0.39, 0.29) is 11.6 Å². The second-order valence-electron chi connectivity index (χ2n) is 5.17. The third-order valence-electron chi connectivity index (χ3n) is 3.91. The number of anilines is 1. The van der Waals surface area contributed by atoms with Gasteiger partial charge in [-0.3, -0.25) is 9.11 Å². The van der Waals surface area contributed by atoms with Crippen molar-refractivity contribution < 1.29 is 18.9 Å². The van der Waals surface area contributed by atoms with Gasteiger partial charge in [0.1, 0.15) is 0 Å². The zero-order valence-electron chi connectivity index (χ0n) is 11.4. The lowest BCUT2D eigenvalue weighted by atomic mass is 10.1. The van der Waals surface area contributed by atoms with Crippen LogP contribution in [-0.2, 0) is 17.2 Å². The third-order valence-corrected chi connectivity index (χ3v) is 5.18. The molecule has 1 saturated heterocycles. The van der Waals surface area contributed by atoms with E-state index in [0.29, 0.717) is 36.8 Å². The monoisotopic (exact) mass is 308 g/mol. The van der Waals surface area contributed by atoms with Crippen LogP contribution in [0.1, 0.15) is 15.9 Å². The maximum atomic E-state index is 12.6. The predicted octanol–water partition coefficient (Wildman–Crippen LogP) is 0.932. The molecule has 1 aromatic rings. The van der Waals surface area contributed by atoms with E-state index in [0.717, 1.165) is 12.0 Å². The minimum absolute atomic E-state index is 0.118. The minimum Gasteiger partial charge on any atom is -0.478 e. The van der Waals surface area contributed by atoms with E-state index in [2.05, 4.69) is 0 Å². The summed E-state index contributed by atoms with van der Waals surface area (Å²) >= 11 is 0. The number of amides is 2. The summed E-state index contributed by atoms with van der Waals surface area (Å²) in [5.74, 6) is 0.0360. The molecule has 0 spiro atoms. The van der Waals surface area contributed by atoms with E-state index in [9.17, 15) is 13.8 Å². The van der Waals surface area contributed by atoms with Gasteiger partial charge in [0.05, 0.1) is 5.56 Å². The maximum absolute atomic E-state index is 12.6. The highest BCUT2D eigenvalue weighted by Crippen LogP contribution is 2.30. The van der Waals surface area contributed by atoms with E-state index in [1.807, 2.05) is 0 Å². The standard InChI is InChI=1S/C14H16N2O4S/c17-13(18)11-2-1-10-3-4-16(12(10)9-11)14(19)15-5-7-21(20)8-6-15/h1-2,9H,3-8H2,(H,17,18). The second-order valence-corrected chi connectivity index (χ2v) is 6.86. The van der Waals surface area contributed by atoms with Gasteiger partial charge < -0.3 is 10.0 Å². The Morgan fingerprint density at radius 1 is 1.14 bits per heavy atom. The summed E-state index contributed by atoms with van der Waals surface area (Å²) in [4.78, 5) is 27.0. The largest absolute Gasteiger partial charge is 0.478 e. The molecule has 21 heavy (non-hydrogen) atoms. The van der Waals surface area contributed by atoms with Gasteiger partial charge in [0, 0.05) is 47.6 Å². The molecule has 112 valence electrons. The van der Waals surface area contributed by atoms with Gasteiger partial charge in [0.15, 0.2) is 0 Å². The average Bonchev–Trinajstić information content (AvgIpc) is 2.90. The summed E-state index contributed by atoms with van der Waals surface area (Å²) in [6.07, 6.45) is 0.737. The number of hydrogen-bond donors (Lipinski definition) is 1. The summed E-state index contributed by atoms with van der Waals surface area (Å²) in [6, 6.07) is 4.79. The van der Waals surface area contributed by atoms with Crippen molar-refractivity contribution in [3.05, 3.63) is 29.3 Å². The van der Waals surface area contributed by atoms with Crippen LogP contribution in [-0.4, -0.2) is 57.4 Å². The lowest BCUT2D eigenvalue weighted by Gasteiger charge is -2.31. The number of carbonyl (C=O) groups excluding carboxylic acids is 1. The Labute approximate surface area is 124 Å². The van der Waals surface area contributed by atoms with Gasteiger partial charge in [-0.15, -0.1) is 0 Å². The van der Waals surface area contributed by atoms with Gasteiger partial charge in [-0.25, -0.2) is 9.59 Å². The first-order chi connectivity index (χ1) is 10.1. The number of urea groups is 1. The molecule has 1 aromatic carbocycles. The van der Waals surface area contributed by atoms with Crippen LogP contribution in [0.4, 0.5) is 10.5 Å². The maximum Gasteiger partial charge on any atom is 0.335 e. The number of fused-ring (bicyclic) bond motifs is 1. The van der Waals surface area contributed by atoms with Crippen LogP contribution < -0.4 is 4.90 Å². The van der Waals surface area contributed by atoms with Crippen LogP contribution in [0.15, 0.2) is 18.2 Å². The number of carbonyl (C=O) groups is 2. The molecule has 1 fully saturated rings.